The molecule has 1 amide bonds. The first kappa shape index (κ1) is 28.2. The van der Waals surface area contributed by atoms with E-state index < -0.39 is 10.1 Å². The second-order valence-corrected chi connectivity index (χ2v) is 12.5. The highest BCUT2D eigenvalue weighted by Crippen LogP contribution is 2.47. The van der Waals surface area contributed by atoms with Gasteiger partial charge in [-0.1, -0.05) is 30.0 Å². The number of hydrogen-bond acceptors (Lipinski definition) is 7. The molecule has 0 aliphatic carbocycles. The van der Waals surface area contributed by atoms with Crippen molar-refractivity contribution >= 4 is 66.8 Å². The van der Waals surface area contributed by atoms with Crippen LogP contribution in [0.2, 0.25) is 0 Å². The average molecular weight is 575 g/mol. The van der Waals surface area contributed by atoms with E-state index in [4.69, 9.17) is 4.74 Å². The first-order valence-corrected chi connectivity index (χ1v) is 15.6. The summed E-state index contributed by atoms with van der Waals surface area (Å²) >= 11 is 3.33. The van der Waals surface area contributed by atoms with Gasteiger partial charge in [0.25, 0.3) is 15.1 Å². The van der Waals surface area contributed by atoms with Crippen LogP contribution in [0.1, 0.15) is 38.6 Å². The Balaban J connectivity index is 1.74. The molecule has 1 aliphatic rings. The SMILES string of the molecule is CCC(/C=C1\Sc2ccc(OC)cc2N1CC)=C\c1sc2ccc(NC(C)=O)cc2[n+]1CCCS(=O)(=O)O. The zero-order chi connectivity index (χ0) is 27.4. The van der Waals surface area contributed by atoms with Gasteiger partial charge in [0.1, 0.15) is 10.4 Å². The van der Waals surface area contributed by atoms with Gasteiger partial charge in [-0.15, -0.1) is 0 Å². The maximum absolute atomic E-state index is 11.6. The predicted octanol–water partition coefficient (Wildman–Crippen LogP) is 5.70. The Morgan fingerprint density at radius 3 is 2.66 bits per heavy atom. The normalized spacial score (nSPS) is 14.8. The van der Waals surface area contributed by atoms with Crippen molar-refractivity contribution in [3.05, 3.63) is 58.1 Å². The summed E-state index contributed by atoms with van der Waals surface area (Å²) in [6.45, 7) is 6.92. The second kappa shape index (κ2) is 11.9. The number of amides is 1. The van der Waals surface area contributed by atoms with Crippen LogP contribution >= 0.6 is 23.1 Å². The maximum atomic E-state index is 11.6. The number of nitrogens with zero attached hydrogens (tertiary/aromatic N) is 2. The minimum atomic E-state index is -4.06. The van der Waals surface area contributed by atoms with Crippen LogP contribution in [0.25, 0.3) is 16.3 Å². The van der Waals surface area contributed by atoms with Gasteiger partial charge >= 0.3 is 0 Å². The van der Waals surface area contributed by atoms with Crippen LogP contribution in [0.3, 0.4) is 0 Å². The number of anilines is 2. The van der Waals surface area contributed by atoms with Crippen LogP contribution in [0.15, 0.2) is 58.0 Å². The number of carbonyl (C=O) groups excluding carboxylic acids is 1. The Morgan fingerprint density at radius 2 is 2.00 bits per heavy atom. The van der Waals surface area contributed by atoms with E-state index in [0.29, 0.717) is 12.2 Å². The largest absolute Gasteiger partial charge is 0.497 e. The molecule has 1 aromatic heterocycles. The lowest BCUT2D eigenvalue weighted by Gasteiger charge is -2.18. The zero-order valence-corrected chi connectivity index (χ0v) is 24.3. The summed E-state index contributed by atoms with van der Waals surface area (Å²) in [7, 11) is -2.39. The second-order valence-electron chi connectivity index (χ2n) is 8.83. The number of fused-ring (bicyclic) bond motifs is 2. The third-order valence-electron chi connectivity index (χ3n) is 6.11. The molecule has 2 N–H and O–H groups in total. The molecule has 0 saturated carbocycles. The Bertz CT molecular complexity index is 1530. The standard InChI is InChI=1S/C27H31N3O5S3/c1-5-19(14-26-29(6-2)23-17-21(35-4)9-11-25(23)36-26)15-27-30(12-7-13-38(32,33)34)22-16-20(28-18(3)31)8-10-24(22)37-27/h8-11,14-17H,5-7,12-13H2,1-4H3,(H-,28,31,32,33,34)/p+1. The number of rotatable bonds is 10. The first-order valence-electron chi connectivity index (χ1n) is 12.4. The quantitative estimate of drug-likeness (QED) is 0.237. The van der Waals surface area contributed by atoms with Crippen molar-refractivity contribution in [3.8, 4) is 5.75 Å². The molecule has 0 unspecified atom stereocenters. The van der Waals surface area contributed by atoms with Crippen LogP contribution in [0.5, 0.6) is 5.75 Å². The van der Waals surface area contributed by atoms with Gasteiger partial charge < -0.3 is 15.0 Å². The van der Waals surface area contributed by atoms with Crippen molar-refractivity contribution in [1.82, 2.24) is 0 Å². The molecule has 4 rings (SSSR count). The smallest absolute Gasteiger partial charge is 0.265 e. The molecule has 0 spiro atoms. The third-order valence-corrected chi connectivity index (χ3v) is 9.14. The molecule has 0 radical (unpaired) electrons. The summed E-state index contributed by atoms with van der Waals surface area (Å²) in [5.41, 5.74) is 3.83. The molecule has 0 saturated heterocycles. The number of aryl methyl sites for hydroxylation is 1. The summed E-state index contributed by atoms with van der Waals surface area (Å²) in [5, 5.41) is 4.92. The molecule has 2 aromatic carbocycles. The van der Waals surface area contributed by atoms with Gasteiger partial charge in [-0.3, -0.25) is 9.35 Å². The topological polar surface area (TPSA) is 99.8 Å². The summed E-state index contributed by atoms with van der Waals surface area (Å²) in [6.07, 6.45) is 5.41. The van der Waals surface area contributed by atoms with Gasteiger partial charge in [0.2, 0.25) is 11.4 Å². The monoisotopic (exact) mass is 574 g/mol. The van der Waals surface area contributed by atoms with Crippen molar-refractivity contribution in [2.45, 2.75) is 45.1 Å². The number of aromatic nitrogens is 1. The molecule has 1 aliphatic heterocycles. The number of nitrogens with one attached hydrogen (secondary N) is 1. The minimum Gasteiger partial charge on any atom is -0.497 e. The Morgan fingerprint density at radius 1 is 1.21 bits per heavy atom. The predicted molar refractivity (Wildman–Crippen MR) is 156 cm³/mol. The number of carbonyl (C=O) groups is 1. The average Bonchev–Trinajstić information content (AvgIpc) is 3.38. The van der Waals surface area contributed by atoms with Gasteiger partial charge in [-0.25, -0.2) is 0 Å². The number of methoxy groups -OCH3 is 1. The number of ether oxygens (including phenoxy) is 1. The molecule has 0 fully saturated rings. The highest BCUT2D eigenvalue weighted by Gasteiger charge is 2.25. The van der Waals surface area contributed by atoms with Crippen molar-refractivity contribution in [2.24, 2.45) is 0 Å². The van der Waals surface area contributed by atoms with Gasteiger partial charge in [-0.2, -0.15) is 13.0 Å². The summed E-state index contributed by atoms with van der Waals surface area (Å²) < 4.78 is 40.5. The van der Waals surface area contributed by atoms with E-state index in [2.05, 4.69) is 52.9 Å². The molecule has 0 bridgehead atoms. The van der Waals surface area contributed by atoms with Crippen LogP contribution in [-0.4, -0.2) is 38.3 Å². The van der Waals surface area contributed by atoms with E-state index in [0.717, 1.165) is 50.2 Å². The van der Waals surface area contributed by atoms with E-state index in [1.165, 1.54) is 11.8 Å². The molecule has 38 heavy (non-hydrogen) atoms. The van der Waals surface area contributed by atoms with E-state index in [9.17, 15) is 17.8 Å². The fraction of sp³-hybridized carbons (Fsp3) is 0.333. The van der Waals surface area contributed by atoms with Crippen LogP contribution in [0, 0.1) is 0 Å². The van der Waals surface area contributed by atoms with Gasteiger partial charge in [-0.05, 0) is 49.3 Å². The van der Waals surface area contributed by atoms with Crippen molar-refractivity contribution in [3.63, 3.8) is 0 Å². The van der Waals surface area contributed by atoms with Gasteiger partial charge in [0, 0.05) is 48.7 Å². The Hall–Kier alpha value is -2.86. The number of hydrogen-bond donors (Lipinski definition) is 2. The van der Waals surface area contributed by atoms with E-state index >= 15 is 0 Å². The van der Waals surface area contributed by atoms with E-state index in [1.807, 2.05) is 24.3 Å². The lowest BCUT2D eigenvalue weighted by molar-refractivity contribution is -0.668. The van der Waals surface area contributed by atoms with E-state index in [-0.39, 0.29) is 18.1 Å². The molecule has 8 nitrogen and oxygen atoms in total. The van der Waals surface area contributed by atoms with E-state index in [1.54, 1.807) is 30.2 Å². The lowest BCUT2D eigenvalue weighted by Crippen LogP contribution is -2.36. The zero-order valence-electron chi connectivity index (χ0n) is 21.9. The first-order chi connectivity index (χ1) is 18.1. The molecular weight excluding hydrogens is 543 g/mol. The Labute approximate surface area is 231 Å². The molecule has 202 valence electrons. The van der Waals surface area contributed by atoms with Crippen molar-refractivity contribution in [1.29, 1.82) is 0 Å². The highest BCUT2D eigenvalue weighted by atomic mass is 32.2. The summed E-state index contributed by atoms with van der Waals surface area (Å²) in [5.74, 6) is 0.344. The molecule has 11 heteroatoms. The fourth-order valence-electron chi connectivity index (χ4n) is 4.33. The molecule has 0 atom stereocenters. The fourth-order valence-corrected chi connectivity index (χ4v) is 7.15. The number of thioether (sulfide) groups is 1. The van der Waals surface area contributed by atoms with Crippen LogP contribution < -0.4 is 19.5 Å². The maximum Gasteiger partial charge on any atom is 0.265 e. The third kappa shape index (κ3) is 6.58. The number of benzene rings is 2. The Kier molecular flexibility index (Phi) is 8.81. The van der Waals surface area contributed by atoms with Crippen LogP contribution in [0.4, 0.5) is 11.4 Å². The summed E-state index contributed by atoms with van der Waals surface area (Å²) in [4.78, 5) is 15.1. The molecule has 3 aromatic rings. The van der Waals surface area contributed by atoms with Crippen molar-refractivity contribution < 1.29 is 27.1 Å². The minimum absolute atomic E-state index is 0.161. The van der Waals surface area contributed by atoms with Crippen molar-refractivity contribution in [2.75, 3.05) is 29.6 Å². The van der Waals surface area contributed by atoms with Gasteiger partial charge in [0.05, 0.1) is 23.6 Å². The van der Waals surface area contributed by atoms with Crippen LogP contribution in [-0.2, 0) is 21.5 Å². The molecular formula is C27H32N3O5S3+. The lowest BCUT2D eigenvalue weighted by atomic mass is 10.2. The number of thiazole rings is 1. The number of allylic oxidation sites excluding steroid dienone is 2. The molecule has 2 heterocycles. The summed E-state index contributed by atoms with van der Waals surface area (Å²) in [6, 6.07) is 11.8. The van der Waals surface area contributed by atoms with Gasteiger partial charge in [0.15, 0.2) is 6.54 Å². The highest BCUT2D eigenvalue weighted by molar-refractivity contribution is 8.03.